The third kappa shape index (κ3) is 9.55. The van der Waals surface area contributed by atoms with Crippen LogP contribution >= 0.6 is 0 Å². The van der Waals surface area contributed by atoms with Gasteiger partial charge in [-0.1, -0.05) is 68.9 Å². The SMILES string of the molecule is C#CC1(C)CCN(C(=O)C(NC(=O)C(C)NC)C2CCCCC2)C1C(CC(CC)CS(C)(=O)=O)C(=O)NC(C)c1ccccc1. The maximum atomic E-state index is 14.7. The van der Waals surface area contributed by atoms with Gasteiger partial charge in [-0.15, -0.1) is 6.42 Å². The normalized spacial score (nSPS) is 24.1. The van der Waals surface area contributed by atoms with Crippen molar-refractivity contribution in [1.29, 1.82) is 0 Å². The highest BCUT2D eigenvalue weighted by molar-refractivity contribution is 7.90. The van der Waals surface area contributed by atoms with Gasteiger partial charge in [-0.3, -0.25) is 14.4 Å². The van der Waals surface area contributed by atoms with Crippen molar-refractivity contribution < 1.29 is 22.8 Å². The summed E-state index contributed by atoms with van der Waals surface area (Å²) in [4.78, 5) is 43.9. The van der Waals surface area contributed by atoms with Crippen LogP contribution in [-0.4, -0.2) is 74.8 Å². The van der Waals surface area contributed by atoms with Crippen LogP contribution < -0.4 is 16.0 Å². The molecule has 250 valence electrons. The van der Waals surface area contributed by atoms with Gasteiger partial charge >= 0.3 is 0 Å². The highest BCUT2D eigenvalue weighted by Gasteiger charge is 2.53. The molecule has 1 heterocycles. The van der Waals surface area contributed by atoms with Crippen LogP contribution in [0.5, 0.6) is 0 Å². The van der Waals surface area contributed by atoms with Crippen molar-refractivity contribution in [1.82, 2.24) is 20.9 Å². The summed E-state index contributed by atoms with van der Waals surface area (Å²) in [5.74, 6) is 1.08. The van der Waals surface area contributed by atoms with Gasteiger partial charge < -0.3 is 20.9 Å². The Kier molecular flexibility index (Phi) is 13.1. The Bertz CT molecular complexity index is 1310. The van der Waals surface area contributed by atoms with Gasteiger partial charge in [0.2, 0.25) is 17.7 Å². The number of benzene rings is 1. The van der Waals surface area contributed by atoms with Gasteiger partial charge in [0, 0.05) is 12.8 Å². The Morgan fingerprint density at radius 2 is 1.71 bits per heavy atom. The van der Waals surface area contributed by atoms with Crippen molar-refractivity contribution in [3.8, 4) is 12.3 Å². The molecule has 0 spiro atoms. The third-order valence-electron chi connectivity index (χ3n) is 10.1. The minimum Gasteiger partial charge on any atom is -0.349 e. The molecule has 9 nitrogen and oxygen atoms in total. The number of terminal acetylenes is 1. The van der Waals surface area contributed by atoms with Crippen molar-refractivity contribution in [3.05, 3.63) is 35.9 Å². The van der Waals surface area contributed by atoms with Crippen LogP contribution in [0.25, 0.3) is 0 Å². The maximum absolute atomic E-state index is 14.7. The molecule has 2 fully saturated rings. The lowest BCUT2D eigenvalue weighted by Gasteiger charge is -2.41. The van der Waals surface area contributed by atoms with Crippen LogP contribution in [0.15, 0.2) is 30.3 Å². The summed E-state index contributed by atoms with van der Waals surface area (Å²) in [7, 11) is -1.61. The highest BCUT2D eigenvalue weighted by atomic mass is 32.2. The standard InChI is InChI=1S/C35H54N4O5S/c1-8-26(23-45(7,43)44)22-29(33(41)37-24(3)27-16-12-10-13-17-27)31-35(5,9-2)20-21-39(31)34(42)30(28-18-14-11-15-19-28)38-32(40)25(4)36-6/h2,10,12-13,16-17,24-26,28-31,36H,8,11,14-15,18-23H2,1,3-7H3,(H,37,41)(H,38,40). The molecule has 3 N–H and O–H groups in total. The van der Waals surface area contributed by atoms with Crippen LogP contribution in [0.2, 0.25) is 0 Å². The topological polar surface area (TPSA) is 125 Å². The summed E-state index contributed by atoms with van der Waals surface area (Å²) >= 11 is 0. The van der Waals surface area contributed by atoms with Crippen molar-refractivity contribution >= 4 is 27.6 Å². The molecule has 2 aliphatic rings. The lowest BCUT2D eigenvalue weighted by Crippen LogP contribution is -2.59. The van der Waals surface area contributed by atoms with Gasteiger partial charge in [0.05, 0.1) is 35.2 Å². The number of hydrogen-bond acceptors (Lipinski definition) is 6. The molecule has 3 amide bonds. The Morgan fingerprint density at radius 1 is 1.07 bits per heavy atom. The second kappa shape index (κ2) is 16.1. The number of nitrogens with zero attached hydrogens (tertiary/aromatic N) is 1. The molecule has 1 saturated carbocycles. The molecule has 7 unspecified atom stereocenters. The first-order chi connectivity index (χ1) is 21.2. The molecular weight excluding hydrogens is 588 g/mol. The zero-order chi connectivity index (χ0) is 33.4. The van der Waals surface area contributed by atoms with Crippen LogP contribution in [0.3, 0.4) is 0 Å². The molecule has 3 rings (SSSR count). The lowest BCUT2D eigenvalue weighted by molar-refractivity contribution is -0.143. The molecule has 1 aromatic rings. The average molecular weight is 643 g/mol. The number of rotatable bonds is 14. The molecule has 7 atom stereocenters. The summed E-state index contributed by atoms with van der Waals surface area (Å²) in [6.45, 7) is 7.86. The van der Waals surface area contributed by atoms with E-state index in [9.17, 15) is 22.8 Å². The minimum absolute atomic E-state index is 0.0170. The van der Waals surface area contributed by atoms with Crippen molar-refractivity contribution in [3.63, 3.8) is 0 Å². The fourth-order valence-electron chi connectivity index (χ4n) is 7.15. The van der Waals surface area contributed by atoms with Crippen LogP contribution in [-0.2, 0) is 24.2 Å². The van der Waals surface area contributed by atoms with Crippen molar-refractivity contribution in [2.75, 3.05) is 25.6 Å². The lowest BCUT2D eigenvalue weighted by atomic mass is 9.73. The van der Waals surface area contributed by atoms with E-state index in [4.69, 9.17) is 6.42 Å². The summed E-state index contributed by atoms with van der Waals surface area (Å²) in [6.07, 6.45) is 13.5. The molecule has 0 radical (unpaired) electrons. The molecule has 1 saturated heterocycles. The molecule has 0 aromatic heterocycles. The zero-order valence-electron chi connectivity index (χ0n) is 28.0. The maximum Gasteiger partial charge on any atom is 0.245 e. The molecule has 10 heteroatoms. The fraction of sp³-hybridized carbons (Fsp3) is 0.686. The first-order valence-electron chi connectivity index (χ1n) is 16.5. The van der Waals surface area contributed by atoms with Crippen LogP contribution in [0.1, 0.15) is 90.7 Å². The fourth-order valence-corrected chi connectivity index (χ4v) is 8.38. The Hall–Kier alpha value is -2.90. The molecule has 1 aromatic carbocycles. The predicted octanol–water partition coefficient (Wildman–Crippen LogP) is 3.85. The summed E-state index contributed by atoms with van der Waals surface area (Å²) in [5, 5.41) is 9.18. The molecule has 1 aliphatic carbocycles. The second-order valence-corrected chi connectivity index (χ2v) is 15.7. The number of hydrogen-bond donors (Lipinski definition) is 3. The van der Waals surface area contributed by atoms with E-state index in [0.717, 1.165) is 37.7 Å². The molecule has 0 bridgehead atoms. The van der Waals surface area contributed by atoms with Gasteiger partial charge in [0.25, 0.3) is 0 Å². The summed E-state index contributed by atoms with van der Waals surface area (Å²) in [5.41, 5.74) is 0.113. The first kappa shape index (κ1) is 36.6. The third-order valence-corrected chi connectivity index (χ3v) is 11.1. The van der Waals surface area contributed by atoms with E-state index >= 15 is 0 Å². The highest BCUT2D eigenvalue weighted by Crippen LogP contribution is 2.44. The van der Waals surface area contributed by atoms with E-state index in [1.807, 2.05) is 51.1 Å². The van der Waals surface area contributed by atoms with Gasteiger partial charge in [-0.05, 0) is 70.9 Å². The summed E-state index contributed by atoms with van der Waals surface area (Å²) < 4.78 is 24.8. The molecule has 1 aliphatic heterocycles. The number of carbonyl (C=O) groups excluding carboxylic acids is 3. The Morgan fingerprint density at radius 3 is 2.27 bits per heavy atom. The number of nitrogens with one attached hydrogen (secondary N) is 3. The van der Waals surface area contributed by atoms with Crippen molar-refractivity contribution in [2.45, 2.75) is 103 Å². The Labute approximate surface area is 271 Å². The van der Waals surface area contributed by atoms with Gasteiger partial charge in [0.1, 0.15) is 15.9 Å². The quantitative estimate of drug-likeness (QED) is 0.265. The largest absolute Gasteiger partial charge is 0.349 e. The first-order valence-corrected chi connectivity index (χ1v) is 18.6. The smallest absolute Gasteiger partial charge is 0.245 e. The monoisotopic (exact) mass is 642 g/mol. The van der Waals surface area contributed by atoms with E-state index in [1.54, 1.807) is 18.9 Å². The van der Waals surface area contributed by atoms with Crippen LogP contribution in [0, 0.1) is 35.5 Å². The van der Waals surface area contributed by atoms with E-state index in [2.05, 4.69) is 21.9 Å². The molecular formula is C35H54N4O5S. The van der Waals surface area contributed by atoms with Gasteiger partial charge in [-0.2, -0.15) is 0 Å². The number of sulfone groups is 1. The van der Waals surface area contributed by atoms with E-state index in [0.29, 0.717) is 19.4 Å². The van der Waals surface area contributed by atoms with E-state index < -0.39 is 39.3 Å². The number of likely N-dealkylation sites (tertiary alicyclic amines) is 1. The number of carbonyl (C=O) groups is 3. The van der Waals surface area contributed by atoms with E-state index in [-0.39, 0.29) is 47.8 Å². The molecule has 45 heavy (non-hydrogen) atoms. The summed E-state index contributed by atoms with van der Waals surface area (Å²) in [6, 6.07) is 7.43. The predicted molar refractivity (Wildman–Crippen MR) is 179 cm³/mol. The minimum atomic E-state index is -3.32. The van der Waals surface area contributed by atoms with Crippen molar-refractivity contribution in [2.24, 2.45) is 23.2 Å². The second-order valence-electron chi connectivity index (χ2n) is 13.5. The average Bonchev–Trinajstić information content (AvgIpc) is 3.38. The van der Waals surface area contributed by atoms with E-state index in [1.165, 1.54) is 6.26 Å². The van der Waals surface area contributed by atoms with Gasteiger partial charge in [-0.25, -0.2) is 8.42 Å². The Balaban J connectivity index is 2.05. The number of likely N-dealkylation sites (N-methyl/N-ethyl adjacent to an activating group) is 1. The zero-order valence-corrected chi connectivity index (χ0v) is 28.8. The van der Waals surface area contributed by atoms with Gasteiger partial charge in [0.15, 0.2) is 0 Å². The number of amides is 3. The van der Waals surface area contributed by atoms with Crippen LogP contribution in [0.4, 0.5) is 0 Å².